The maximum Gasteiger partial charge on any atom is 0.338 e. The minimum Gasteiger partial charge on any atom is -1.00 e. The number of hydrogen-bond donors (Lipinski definition) is 0. The summed E-state index contributed by atoms with van der Waals surface area (Å²) in [7, 11) is 2.39. The van der Waals surface area contributed by atoms with E-state index in [1.165, 1.54) is 49.7 Å². The van der Waals surface area contributed by atoms with Crippen LogP contribution in [-0.4, -0.2) is 49.3 Å². The summed E-state index contributed by atoms with van der Waals surface area (Å²) in [6.45, 7) is 7.11. The number of piperidine rings is 2. The summed E-state index contributed by atoms with van der Waals surface area (Å²) in [5.41, 5.74) is 0.604. The Morgan fingerprint density at radius 1 is 1.12 bits per heavy atom. The van der Waals surface area contributed by atoms with Gasteiger partial charge in [0.15, 0.2) is 0 Å². The number of benzene rings is 1. The standard InChI is InChI=1S/C21H32NO3.HI/c1-16(2)25-19-11-9-17(10-12-19)21(23)24-15-18-7-6-14-22(3)13-5-4-8-20(18)22;/h9-12,16,18,20H,4-8,13-15H2,1-3H3;1H/q+1;/p-1/t18-,20?,22?;/m0./s1. The average Bonchev–Trinajstić information content (AvgIpc) is 2.59. The van der Waals surface area contributed by atoms with Gasteiger partial charge in [-0.05, 0) is 63.8 Å². The molecular weight excluding hydrogens is 441 g/mol. The number of carbonyl (C=O) groups is 1. The predicted octanol–water partition coefficient (Wildman–Crippen LogP) is 1.04. The monoisotopic (exact) mass is 473 g/mol. The van der Waals surface area contributed by atoms with Crippen molar-refractivity contribution in [1.29, 1.82) is 0 Å². The second-order valence-electron chi connectivity index (χ2n) is 8.18. The van der Waals surface area contributed by atoms with Gasteiger partial charge in [-0.1, -0.05) is 0 Å². The van der Waals surface area contributed by atoms with E-state index < -0.39 is 0 Å². The molecule has 4 nitrogen and oxygen atoms in total. The van der Waals surface area contributed by atoms with Gasteiger partial charge >= 0.3 is 5.97 Å². The van der Waals surface area contributed by atoms with Crippen molar-refractivity contribution in [3.8, 4) is 5.75 Å². The van der Waals surface area contributed by atoms with E-state index in [9.17, 15) is 4.79 Å². The lowest BCUT2D eigenvalue weighted by atomic mass is 9.82. The normalized spacial score (nSPS) is 28.0. The van der Waals surface area contributed by atoms with Crippen molar-refractivity contribution in [3.05, 3.63) is 29.8 Å². The number of halogens is 1. The molecule has 3 rings (SSSR count). The molecule has 0 aromatic heterocycles. The van der Waals surface area contributed by atoms with Gasteiger partial charge in [0.1, 0.15) is 12.4 Å². The van der Waals surface area contributed by atoms with Gasteiger partial charge in [0.05, 0.1) is 37.8 Å². The third-order valence-electron chi connectivity index (χ3n) is 5.90. The Morgan fingerprint density at radius 2 is 1.81 bits per heavy atom. The molecule has 2 saturated heterocycles. The molecule has 1 aromatic carbocycles. The fraction of sp³-hybridized carbons (Fsp3) is 0.667. The molecular formula is C21H32INO3. The number of nitrogens with zero attached hydrogens (tertiary/aromatic N) is 1. The first-order chi connectivity index (χ1) is 12.0. The van der Waals surface area contributed by atoms with Crippen molar-refractivity contribution in [2.24, 2.45) is 5.92 Å². The lowest BCUT2D eigenvalue weighted by Crippen LogP contribution is -3.00. The number of hydrogen-bond acceptors (Lipinski definition) is 3. The Morgan fingerprint density at radius 3 is 2.50 bits per heavy atom. The van der Waals surface area contributed by atoms with Crippen molar-refractivity contribution < 1.29 is 42.7 Å². The van der Waals surface area contributed by atoms with Gasteiger partial charge < -0.3 is 37.9 Å². The van der Waals surface area contributed by atoms with Gasteiger partial charge in [0, 0.05) is 12.3 Å². The quantitative estimate of drug-likeness (QED) is 0.365. The average molecular weight is 473 g/mol. The summed E-state index contributed by atoms with van der Waals surface area (Å²) < 4.78 is 12.5. The van der Waals surface area contributed by atoms with Crippen LogP contribution in [-0.2, 0) is 4.74 Å². The highest BCUT2D eigenvalue weighted by Gasteiger charge is 2.43. The van der Waals surface area contributed by atoms with Gasteiger partial charge in [-0.2, -0.15) is 0 Å². The molecule has 3 atom stereocenters. The fourth-order valence-electron chi connectivity index (χ4n) is 4.64. The van der Waals surface area contributed by atoms with Crippen LogP contribution in [0.25, 0.3) is 0 Å². The third-order valence-corrected chi connectivity index (χ3v) is 5.90. The molecule has 2 heterocycles. The van der Waals surface area contributed by atoms with Crippen LogP contribution in [0.3, 0.4) is 0 Å². The summed E-state index contributed by atoms with van der Waals surface area (Å²) in [5, 5.41) is 0. The van der Waals surface area contributed by atoms with E-state index in [1.54, 1.807) is 12.1 Å². The Bertz CT molecular complexity index is 585. The Kier molecular flexibility index (Phi) is 7.76. The molecule has 0 bridgehead atoms. The molecule has 5 heteroatoms. The number of fused-ring (bicyclic) bond motifs is 1. The van der Waals surface area contributed by atoms with E-state index in [-0.39, 0.29) is 36.0 Å². The van der Waals surface area contributed by atoms with E-state index >= 15 is 0 Å². The van der Waals surface area contributed by atoms with Gasteiger partial charge in [-0.25, -0.2) is 4.79 Å². The van der Waals surface area contributed by atoms with Crippen LogP contribution in [0.15, 0.2) is 24.3 Å². The molecule has 26 heavy (non-hydrogen) atoms. The highest BCUT2D eigenvalue weighted by atomic mass is 127. The summed E-state index contributed by atoms with van der Waals surface area (Å²) in [6, 6.07) is 7.93. The molecule has 0 amide bonds. The first kappa shape index (κ1) is 21.5. The summed E-state index contributed by atoms with van der Waals surface area (Å²) in [6.07, 6.45) is 6.50. The molecule has 0 spiro atoms. The van der Waals surface area contributed by atoms with Crippen LogP contribution in [0.2, 0.25) is 0 Å². The fourth-order valence-corrected chi connectivity index (χ4v) is 4.64. The molecule has 2 fully saturated rings. The maximum atomic E-state index is 12.4. The lowest BCUT2D eigenvalue weighted by Gasteiger charge is -2.51. The summed E-state index contributed by atoms with van der Waals surface area (Å²) in [4.78, 5) is 12.4. The lowest BCUT2D eigenvalue weighted by molar-refractivity contribution is -0.947. The SMILES string of the molecule is CC(C)Oc1ccc(C(=O)OC[C@@H]2CCC[N+]3(C)CCCCC23)cc1.[I-]. The van der Waals surface area contributed by atoms with Crippen molar-refractivity contribution >= 4 is 5.97 Å². The maximum absolute atomic E-state index is 12.4. The third kappa shape index (κ3) is 5.12. The Hall–Kier alpha value is -0.820. The van der Waals surface area contributed by atoms with Crippen LogP contribution >= 0.6 is 0 Å². The van der Waals surface area contributed by atoms with Crippen LogP contribution in [0, 0.1) is 5.92 Å². The molecule has 0 aliphatic carbocycles. The second kappa shape index (κ2) is 9.40. The second-order valence-corrected chi connectivity index (χ2v) is 8.18. The van der Waals surface area contributed by atoms with Gasteiger partial charge in [-0.15, -0.1) is 0 Å². The molecule has 0 saturated carbocycles. The first-order valence-electron chi connectivity index (χ1n) is 9.76. The van der Waals surface area contributed by atoms with Crippen molar-refractivity contribution in [1.82, 2.24) is 0 Å². The van der Waals surface area contributed by atoms with Crippen molar-refractivity contribution in [3.63, 3.8) is 0 Å². The smallest absolute Gasteiger partial charge is 0.338 e. The Labute approximate surface area is 174 Å². The molecule has 1 aromatic rings. The highest BCUT2D eigenvalue weighted by molar-refractivity contribution is 5.89. The van der Waals surface area contributed by atoms with Crippen LogP contribution in [0.1, 0.15) is 56.3 Å². The van der Waals surface area contributed by atoms with E-state index in [1.807, 2.05) is 26.0 Å². The zero-order chi connectivity index (χ0) is 17.9. The molecule has 2 aliphatic heterocycles. The molecule has 0 N–H and O–H groups in total. The van der Waals surface area contributed by atoms with Crippen molar-refractivity contribution in [2.45, 2.75) is 58.1 Å². The number of esters is 1. The van der Waals surface area contributed by atoms with Crippen molar-refractivity contribution in [2.75, 3.05) is 26.7 Å². The molecule has 0 radical (unpaired) electrons. The zero-order valence-corrected chi connectivity index (χ0v) is 18.4. The number of ether oxygens (including phenoxy) is 2. The van der Waals surface area contributed by atoms with Gasteiger partial charge in [0.25, 0.3) is 0 Å². The minimum atomic E-state index is -0.216. The van der Waals surface area contributed by atoms with E-state index in [0.29, 0.717) is 24.1 Å². The largest absolute Gasteiger partial charge is 1.00 e. The van der Waals surface area contributed by atoms with Gasteiger partial charge in [0.2, 0.25) is 0 Å². The topological polar surface area (TPSA) is 35.5 Å². The zero-order valence-electron chi connectivity index (χ0n) is 16.2. The molecule has 146 valence electrons. The summed E-state index contributed by atoms with van der Waals surface area (Å²) >= 11 is 0. The first-order valence-corrected chi connectivity index (χ1v) is 9.76. The summed E-state index contributed by atoms with van der Waals surface area (Å²) in [5.74, 6) is 1.08. The Balaban J connectivity index is 0.00000243. The number of rotatable bonds is 5. The number of carbonyl (C=O) groups excluding carboxylic acids is 1. The van der Waals surface area contributed by atoms with Crippen LogP contribution < -0.4 is 28.7 Å². The van der Waals surface area contributed by atoms with Crippen LogP contribution in [0.4, 0.5) is 0 Å². The van der Waals surface area contributed by atoms with E-state index in [4.69, 9.17) is 9.47 Å². The predicted molar refractivity (Wildman–Crippen MR) is 98.8 cm³/mol. The minimum absolute atomic E-state index is 0. The molecule has 2 unspecified atom stereocenters. The molecule has 2 aliphatic rings. The van der Waals surface area contributed by atoms with Gasteiger partial charge in [-0.3, -0.25) is 0 Å². The van der Waals surface area contributed by atoms with Crippen LogP contribution in [0.5, 0.6) is 5.75 Å². The van der Waals surface area contributed by atoms with E-state index in [0.717, 1.165) is 5.75 Å². The highest BCUT2D eigenvalue weighted by Crippen LogP contribution is 2.36. The van der Waals surface area contributed by atoms with E-state index in [2.05, 4.69) is 7.05 Å². The number of quaternary nitrogens is 1.